The van der Waals surface area contributed by atoms with E-state index < -0.39 is 23.2 Å². The molecule has 0 saturated carbocycles. The number of rotatable bonds is 11. The summed E-state index contributed by atoms with van der Waals surface area (Å²) < 4.78 is 49.1. The summed E-state index contributed by atoms with van der Waals surface area (Å²) in [6.45, 7) is 3.37. The molecule has 0 aliphatic heterocycles. The zero-order chi connectivity index (χ0) is 25.3. The Morgan fingerprint density at radius 2 is 1.86 bits per heavy atom. The molecule has 0 fully saturated rings. The van der Waals surface area contributed by atoms with Crippen LogP contribution in [0.15, 0.2) is 53.3 Å². The van der Waals surface area contributed by atoms with Gasteiger partial charge in [-0.25, -0.2) is 0 Å². The van der Waals surface area contributed by atoms with Crippen molar-refractivity contribution in [1.82, 2.24) is 20.5 Å². The highest BCUT2D eigenvalue weighted by Crippen LogP contribution is 2.29. The summed E-state index contributed by atoms with van der Waals surface area (Å²) in [6.07, 6.45) is -4.49. The number of alkyl halides is 3. The predicted molar refractivity (Wildman–Crippen MR) is 122 cm³/mol. The van der Waals surface area contributed by atoms with Crippen LogP contribution in [0.5, 0.6) is 5.75 Å². The summed E-state index contributed by atoms with van der Waals surface area (Å²) in [4.78, 5) is 27.1. The van der Waals surface area contributed by atoms with Crippen molar-refractivity contribution in [3.8, 4) is 17.1 Å². The number of carbonyl (C=O) groups excluding carboxylic acids is 1. The third kappa shape index (κ3) is 7.92. The Labute approximate surface area is 199 Å². The van der Waals surface area contributed by atoms with Crippen LogP contribution >= 0.6 is 0 Å². The Morgan fingerprint density at radius 3 is 2.54 bits per heavy atom. The lowest BCUT2D eigenvalue weighted by Crippen LogP contribution is -2.25. The zero-order valence-electron chi connectivity index (χ0n) is 19.0. The summed E-state index contributed by atoms with van der Waals surface area (Å²) >= 11 is 0. The van der Waals surface area contributed by atoms with Gasteiger partial charge in [-0.05, 0) is 48.9 Å². The Balaban J connectivity index is 1.51. The number of aromatic amines is 1. The second-order valence-electron chi connectivity index (χ2n) is 7.49. The maximum atomic E-state index is 12.8. The third-order valence-corrected chi connectivity index (χ3v) is 4.93. The Morgan fingerprint density at radius 1 is 1.09 bits per heavy atom. The summed E-state index contributed by atoms with van der Waals surface area (Å²) in [5, 5.41) is 10.5. The van der Waals surface area contributed by atoms with Gasteiger partial charge in [0.1, 0.15) is 18.1 Å². The molecule has 0 atom stereocenters. The Hall–Kier alpha value is -3.73. The number of carbonyl (C=O) groups is 1. The lowest BCUT2D eigenvalue weighted by atomic mass is 10.1. The maximum Gasteiger partial charge on any atom is 0.416 e. The molecule has 0 aliphatic rings. The number of hydrogen-bond donors (Lipinski definition) is 2. The van der Waals surface area contributed by atoms with Gasteiger partial charge in [-0.2, -0.15) is 13.2 Å². The van der Waals surface area contributed by atoms with E-state index in [1.54, 1.807) is 24.3 Å². The minimum absolute atomic E-state index is 0.0314. The zero-order valence-corrected chi connectivity index (χ0v) is 19.0. The highest BCUT2D eigenvalue weighted by Gasteiger charge is 2.30. The van der Waals surface area contributed by atoms with Gasteiger partial charge in [0.05, 0.1) is 12.2 Å². The molecule has 0 unspecified atom stereocenters. The molecule has 0 bridgehead atoms. The van der Waals surface area contributed by atoms with E-state index in [9.17, 15) is 22.8 Å². The number of halogens is 3. The number of aromatic nitrogens is 3. The van der Waals surface area contributed by atoms with E-state index in [0.29, 0.717) is 36.7 Å². The van der Waals surface area contributed by atoms with E-state index >= 15 is 0 Å². The van der Waals surface area contributed by atoms with Gasteiger partial charge in [0.2, 0.25) is 5.91 Å². The van der Waals surface area contributed by atoms with Crippen molar-refractivity contribution in [3.63, 3.8) is 0 Å². The molecular weight excluding hydrogens is 465 g/mol. The number of H-pyrrole nitrogens is 1. The molecule has 2 N–H and O–H groups in total. The topological polar surface area (TPSA) is 106 Å². The molecule has 1 amide bonds. The molecule has 0 aliphatic carbocycles. The minimum atomic E-state index is -4.45. The summed E-state index contributed by atoms with van der Waals surface area (Å²) in [7, 11) is 0. The van der Waals surface area contributed by atoms with Crippen LogP contribution < -0.4 is 15.6 Å². The van der Waals surface area contributed by atoms with Crippen LogP contribution in [0.3, 0.4) is 0 Å². The van der Waals surface area contributed by atoms with Crippen molar-refractivity contribution in [1.29, 1.82) is 0 Å². The molecule has 1 aromatic heterocycles. The third-order valence-electron chi connectivity index (χ3n) is 4.93. The second kappa shape index (κ2) is 12.1. The lowest BCUT2D eigenvalue weighted by Gasteiger charge is -2.09. The number of hydrogen-bond acceptors (Lipinski definition) is 6. The normalized spacial score (nSPS) is 11.3. The SMILES string of the molecule is CCOCCOc1ccc(-c2nnc(CCC(=O)NCc3cccc(C(F)(F)F)c3)c(=O)[nH]2)cc1. The molecule has 1 heterocycles. The molecule has 11 heteroatoms. The van der Waals surface area contributed by atoms with E-state index in [1.807, 2.05) is 6.92 Å². The van der Waals surface area contributed by atoms with Gasteiger partial charge in [-0.15, -0.1) is 10.2 Å². The first-order valence-electron chi connectivity index (χ1n) is 11.0. The fraction of sp³-hybridized carbons (Fsp3) is 0.333. The molecule has 0 saturated heterocycles. The molecule has 3 rings (SSSR count). The second-order valence-corrected chi connectivity index (χ2v) is 7.49. The van der Waals surface area contributed by atoms with Crippen LogP contribution in [0.25, 0.3) is 11.4 Å². The fourth-order valence-corrected chi connectivity index (χ4v) is 3.10. The molecule has 8 nitrogen and oxygen atoms in total. The van der Waals surface area contributed by atoms with Crippen molar-refractivity contribution in [2.24, 2.45) is 0 Å². The van der Waals surface area contributed by atoms with Crippen LogP contribution in [-0.4, -0.2) is 40.9 Å². The van der Waals surface area contributed by atoms with E-state index in [2.05, 4.69) is 20.5 Å². The molecule has 2 aromatic carbocycles. The first-order chi connectivity index (χ1) is 16.8. The van der Waals surface area contributed by atoms with Crippen molar-refractivity contribution in [2.45, 2.75) is 32.5 Å². The standard InChI is InChI=1S/C24H25F3N4O4/c1-2-34-12-13-35-19-8-6-17(7-9-19)22-29-23(33)20(30-31-22)10-11-21(32)28-15-16-4-3-5-18(14-16)24(25,26)27/h3-9,14H,2,10-13,15H2,1H3,(H,28,32)(H,29,31,33). The van der Waals surface area contributed by atoms with Gasteiger partial charge < -0.3 is 19.8 Å². The molecule has 0 spiro atoms. The van der Waals surface area contributed by atoms with Gasteiger partial charge in [0.15, 0.2) is 5.82 Å². The van der Waals surface area contributed by atoms with Crippen molar-refractivity contribution in [3.05, 3.63) is 75.7 Å². The first-order valence-corrected chi connectivity index (χ1v) is 11.0. The molecule has 3 aromatic rings. The Kier molecular flexibility index (Phi) is 8.96. The molecular formula is C24H25F3N4O4. The average Bonchev–Trinajstić information content (AvgIpc) is 2.84. The average molecular weight is 490 g/mol. The molecule has 186 valence electrons. The van der Waals surface area contributed by atoms with Crippen LogP contribution in [-0.2, 0) is 28.7 Å². The number of nitrogens with zero attached hydrogens (tertiary/aromatic N) is 2. The number of ether oxygens (including phenoxy) is 2. The van der Waals surface area contributed by atoms with Crippen molar-refractivity contribution < 1.29 is 27.4 Å². The van der Waals surface area contributed by atoms with E-state index in [1.165, 1.54) is 12.1 Å². The predicted octanol–water partition coefficient (Wildman–Crippen LogP) is 3.52. The number of aryl methyl sites for hydroxylation is 1. The Bertz CT molecular complexity index is 1180. The van der Waals surface area contributed by atoms with E-state index in [-0.39, 0.29) is 30.9 Å². The number of amides is 1. The lowest BCUT2D eigenvalue weighted by molar-refractivity contribution is -0.137. The van der Waals surface area contributed by atoms with Crippen LogP contribution in [0.4, 0.5) is 13.2 Å². The highest BCUT2D eigenvalue weighted by atomic mass is 19.4. The fourth-order valence-electron chi connectivity index (χ4n) is 3.10. The summed E-state index contributed by atoms with van der Waals surface area (Å²) in [5.41, 5.74) is -0.218. The first kappa shape index (κ1) is 25.9. The van der Waals surface area contributed by atoms with E-state index in [4.69, 9.17) is 9.47 Å². The summed E-state index contributed by atoms with van der Waals surface area (Å²) in [5.74, 6) is 0.498. The number of nitrogens with one attached hydrogen (secondary N) is 2. The van der Waals surface area contributed by atoms with Gasteiger partial charge in [-0.3, -0.25) is 9.59 Å². The van der Waals surface area contributed by atoms with E-state index in [0.717, 1.165) is 12.1 Å². The monoisotopic (exact) mass is 490 g/mol. The van der Waals surface area contributed by atoms with Gasteiger partial charge in [0.25, 0.3) is 5.56 Å². The smallest absolute Gasteiger partial charge is 0.416 e. The number of benzene rings is 2. The van der Waals surface area contributed by atoms with Crippen LogP contribution in [0, 0.1) is 0 Å². The molecule has 0 radical (unpaired) electrons. The molecule has 35 heavy (non-hydrogen) atoms. The van der Waals surface area contributed by atoms with Crippen molar-refractivity contribution >= 4 is 5.91 Å². The summed E-state index contributed by atoms with van der Waals surface area (Å²) in [6, 6.07) is 11.7. The van der Waals surface area contributed by atoms with Crippen LogP contribution in [0.1, 0.15) is 30.2 Å². The van der Waals surface area contributed by atoms with Gasteiger partial charge >= 0.3 is 6.18 Å². The minimum Gasteiger partial charge on any atom is -0.491 e. The highest BCUT2D eigenvalue weighted by molar-refractivity contribution is 5.76. The van der Waals surface area contributed by atoms with Gasteiger partial charge in [-0.1, -0.05) is 12.1 Å². The van der Waals surface area contributed by atoms with Crippen molar-refractivity contribution in [2.75, 3.05) is 19.8 Å². The largest absolute Gasteiger partial charge is 0.491 e. The quantitative estimate of drug-likeness (QED) is 0.399. The maximum absolute atomic E-state index is 12.8. The van der Waals surface area contributed by atoms with Crippen LogP contribution in [0.2, 0.25) is 0 Å². The van der Waals surface area contributed by atoms with Gasteiger partial charge in [0, 0.05) is 31.6 Å².